The number of aliphatic hydroxyl groups excluding tert-OH is 1. The Morgan fingerprint density at radius 2 is 2.08 bits per heavy atom. The topological polar surface area (TPSA) is 95.3 Å². The Labute approximate surface area is 163 Å². The fraction of sp³-hybridized carbons (Fsp3) is 0.118. The molecule has 26 heavy (non-hydrogen) atoms. The molecule has 3 rings (SSSR count). The Bertz CT molecular complexity index is 1090. The lowest BCUT2D eigenvalue weighted by Gasteiger charge is -2.14. The van der Waals surface area contributed by atoms with Crippen LogP contribution in [0.15, 0.2) is 36.9 Å². The number of nitrogens with zero attached hydrogens (tertiary/aromatic N) is 2. The first-order valence-corrected chi connectivity index (χ1v) is 9.60. The zero-order valence-electron chi connectivity index (χ0n) is 13.9. The molecule has 9 heteroatoms. The lowest BCUT2D eigenvalue weighted by molar-refractivity contribution is -0.112. The van der Waals surface area contributed by atoms with Crippen LogP contribution in [0.5, 0.6) is 0 Å². The first kappa shape index (κ1) is 18.4. The summed E-state index contributed by atoms with van der Waals surface area (Å²) in [6.07, 6.45) is 1.62. The number of benzene rings is 1. The molecule has 0 radical (unpaired) electrons. The van der Waals surface area contributed by atoms with E-state index in [0.717, 1.165) is 16.9 Å². The minimum absolute atomic E-state index is 0.0329. The molecule has 1 aromatic carbocycles. The molecule has 1 aliphatic heterocycles. The molecule has 1 amide bonds. The van der Waals surface area contributed by atoms with E-state index in [4.69, 9.17) is 23.4 Å². The smallest absolute Gasteiger partial charge is 0.273 e. The van der Waals surface area contributed by atoms with Crippen LogP contribution in [-0.2, 0) is 11.3 Å². The van der Waals surface area contributed by atoms with Gasteiger partial charge in [0.15, 0.2) is 4.32 Å². The van der Waals surface area contributed by atoms with E-state index in [2.05, 4.69) is 6.58 Å². The predicted octanol–water partition coefficient (Wildman–Crippen LogP) is 1.28. The van der Waals surface area contributed by atoms with Crippen molar-refractivity contribution >= 4 is 62.0 Å². The van der Waals surface area contributed by atoms with E-state index in [-0.39, 0.29) is 15.9 Å². The molecule has 1 saturated heterocycles. The van der Waals surface area contributed by atoms with E-state index in [0.29, 0.717) is 26.1 Å². The van der Waals surface area contributed by atoms with Gasteiger partial charge in [-0.15, -0.1) is 17.9 Å². The maximum Gasteiger partial charge on any atom is 0.273 e. The summed E-state index contributed by atoms with van der Waals surface area (Å²) in [7, 11) is 0. The molecule has 1 fully saturated rings. The summed E-state index contributed by atoms with van der Waals surface area (Å²) < 4.78 is 2.73. The van der Waals surface area contributed by atoms with Crippen LogP contribution < -0.4 is 25.3 Å². The molecular weight excluding hydrogens is 388 g/mol. The van der Waals surface area contributed by atoms with Crippen molar-refractivity contribution in [1.29, 1.82) is 5.41 Å². The van der Waals surface area contributed by atoms with Crippen molar-refractivity contribution in [3.05, 3.63) is 57.2 Å². The highest BCUT2D eigenvalue weighted by atomic mass is 32.2. The van der Waals surface area contributed by atoms with Crippen LogP contribution in [0, 0.1) is 12.3 Å². The number of rotatable bonds is 3. The Balaban J connectivity index is 2.23. The quantitative estimate of drug-likeness (QED) is 0.529. The summed E-state index contributed by atoms with van der Waals surface area (Å²) in [4.78, 5) is 14.9. The molecule has 1 aliphatic rings. The molecule has 6 nitrogen and oxygen atoms in total. The minimum atomic E-state index is -0.446. The number of thiazole rings is 1. The van der Waals surface area contributed by atoms with E-state index in [1.54, 1.807) is 10.6 Å². The van der Waals surface area contributed by atoms with Gasteiger partial charge in [-0.25, -0.2) is 0 Å². The highest BCUT2D eigenvalue weighted by Crippen LogP contribution is 2.35. The van der Waals surface area contributed by atoms with E-state index in [1.807, 2.05) is 31.2 Å². The minimum Gasteiger partial charge on any atom is -0.494 e. The van der Waals surface area contributed by atoms with Crippen LogP contribution in [-0.4, -0.2) is 19.9 Å². The van der Waals surface area contributed by atoms with Gasteiger partial charge in [-0.1, -0.05) is 47.8 Å². The Morgan fingerprint density at radius 3 is 2.65 bits per heavy atom. The normalized spacial score (nSPS) is 17.7. The van der Waals surface area contributed by atoms with Crippen molar-refractivity contribution in [2.45, 2.75) is 13.5 Å². The maximum absolute atomic E-state index is 13.0. The first-order chi connectivity index (χ1) is 12.3. The number of aryl methyl sites for hydroxylation is 1. The second kappa shape index (κ2) is 7.10. The number of allylic oxidation sites excluding steroid dienone is 1. The number of aliphatic hydroxyl groups is 1. The van der Waals surface area contributed by atoms with E-state index >= 15 is 0 Å². The standard InChI is InChI=1S/C17H16N4O2S3/c1-3-8-20-13(18)11(14(19)22)25-16(20)12-15(23)21(17(24)26-12)10-6-4-9(2)5-7-10/h3-7,18,22H,1,8,19H2,2H3. The number of thiocarbonyl (C=S) groups is 1. The van der Waals surface area contributed by atoms with Crippen molar-refractivity contribution in [2.24, 2.45) is 5.73 Å². The number of carbonyl (C=O) groups excluding carboxylic acids is 1. The molecule has 134 valence electrons. The molecule has 0 atom stereocenters. The number of nitrogens with one attached hydrogen (secondary N) is 1. The van der Waals surface area contributed by atoms with Gasteiger partial charge in [0.2, 0.25) is 5.88 Å². The van der Waals surface area contributed by atoms with E-state index in [1.165, 1.54) is 16.7 Å². The average molecular weight is 405 g/mol. The number of carbonyl (C=O) groups is 1. The van der Waals surface area contributed by atoms with Gasteiger partial charge in [-0.2, -0.15) is 0 Å². The van der Waals surface area contributed by atoms with E-state index in [9.17, 15) is 9.90 Å². The number of anilines is 1. The van der Waals surface area contributed by atoms with Gasteiger partial charge < -0.3 is 15.4 Å². The number of thioether (sulfide) groups is 1. The molecule has 0 saturated carbocycles. The largest absolute Gasteiger partial charge is 0.494 e. The Kier molecular flexibility index (Phi) is 5.03. The SMILES string of the molecule is C=CCn1c(=C2SC(=S)N(c3ccc(C)cc3)C2=O)sc(=C(N)O)c1=N. The fourth-order valence-electron chi connectivity index (χ4n) is 2.48. The lowest BCUT2D eigenvalue weighted by atomic mass is 10.2. The summed E-state index contributed by atoms with van der Waals surface area (Å²) in [5.74, 6) is -0.705. The number of hydrogen-bond donors (Lipinski definition) is 3. The van der Waals surface area contributed by atoms with Crippen molar-refractivity contribution in [2.75, 3.05) is 4.90 Å². The monoisotopic (exact) mass is 404 g/mol. The third kappa shape index (κ3) is 3.09. The average Bonchev–Trinajstić information content (AvgIpc) is 3.06. The zero-order valence-corrected chi connectivity index (χ0v) is 16.3. The van der Waals surface area contributed by atoms with Crippen molar-refractivity contribution in [1.82, 2.24) is 4.57 Å². The maximum atomic E-state index is 13.0. The zero-order chi connectivity index (χ0) is 19.0. The van der Waals surface area contributed by atoms with Crippen molar-refractivity contribution in [3.8, 4) is 0 Å². The highest BCUT2D eigenvalue weighted by molar-refractivity contribution is 8.31. The van der Waals surface area contributed by atoms with Crippen molar-refractivity contribution < 1.29 is 9.90 Å². The lowest BCUT2D eigenvalue weighted by Crippen LogP contribution is -2.34. The number of hydrogen-bond acceptors (Lipinski definition) is 7. The first-order valence-electron chi connectivity index (χ1n) is 7.56. The number of aromatic nitrogens is 1. The molecule has 0 unspecified atom stereocenters. The van der Waals surface area contributed by atoms with Gasteiger partial charge in [0.05, 0.1) is 5.69 Å². The van der Waals surface area contributed by atoms with E-state index < -0.39 is 5.88 Å². The second-order valence-electron chi connectivity index (χ2n) is 5.54. The third-order valence-electron chi connectivity index (χ3n) is 3.73. The predicted molar refractivity (Wildman–Crippen MR) is 110 cm³/mol. The molecular formula is C17H16N4O2S3. The summed E-state index contributed by atoms with van der Waals surface area (Å²) in [5.41, 5.74) is 7.29. The molecule has 2 heterocycles. The van der Waals surface area contributed by atoms with Crippen LogP contribution >= 0.6 is 35.3 Å². The van der Waals surface area contributed by atoms with Gasteiger partial charge in [0.1, 0.15) is 19.6 Å². The molecule has 0 spiro atoms. The third-order valence-corrected chi connectivity index (χ3v) is 6.44. The Morgan fingerprint density at radius 1 is 1.42 bits per heavy atom. The summed E-state index contributed by atoms with van der Waals surface area (Å²) in [6.45, 7) is 5.97. The van der Waals surface area contributed by atoms with Crippen LogP contribution in [0.4, 0.5) is 5.69 Å². The molecule has 1 aromatic heterocycles. The summed E-state index contributed by atoms with van der Waals surface area (Å²) >= 11 is 7.66. The van der Waals surface area contributed by atoms with Crippen LogP contribution in [0.25, 0.3) is 10.8 Å². The van der Waals surface area contributed by atoms with Gasteiger partial charge in [0, 0.05) is 6.54 Å². The van der Waals surface area contributed by atoms with Crippen LogP contribution in [0.3, 0.4) is 0 Å². The summed E-state index contributed by atoms with van der Waals surface area (Å²) in [5, 5.41) is 17.8. The van der Waals surface area contributed by atoms with Gasteiger partial charge in [0.25, 0.3) is 5.91 Å². The highest BCUT2D eigenvalue weighted by Gasteiger charge is 2.35. The second-order valence-corrected chi connectivity index (χ2v) is 8.19. The van der Waals surface area contributed by atoms with Gasteiger partial charge >= 0.3 is 0 Å². The molecule has 4 N–H and O–H groups in total. The summed E-state index contributed by atoms with van der Waals surface area (Å²) in [6, 6.07) is 7.52. The number of amides is 1. The number of nitrogens with two attached hydrogens (primary N) is 1. The Hall–Kier alpha value is -2.36. The molecule has 2 aromatic rings. The van der Waals surface area contributed by atoms with Crippen LogP contribution in [0.1, 0.15) is 5.56 Å². The molecule has 0 aliphatic carbocycles. The molecule has 0 bridgehead atoms. The fourth-order valence-corrected chi connectivity index (χ4v) is 4.96. The van der Waals surface area contributed by atoms with Gasteiger partial charge in [-0.3, -0.25) is 15.1 Å². The van der Waals surface area contributed by atoms with Crippen molar-refractivity contribution in [3.63, 3.8) is 0 Å². The van der Waals surface area contributed by atoms with Gasteiger partial charge in [-0.05, 0) is 19.1 Å². The van der Waals surface area contributed by atoms with Crippen LogP contribution in [0.2, 0.25) is 0 Å².